The number of unbranched alkanes of at least 4 members (excludes halogenated alkanes) is 1. The summed E-state index contributed by atoms with van der Waals surface area (Å²) in [6, 6.07) is 4.68. The lowest BCUT2D eigenvalue weighted by atomic mass is 10.2. The monoisotopic (exact) mass is 300 g/mol. The van der Waals surface area contributed by atoms with Crippen LogP contribution in [0, 0.1) is 0 Å². The minimum Gasteiger partial charge on any atom is -0.508 e. The second kappa shape index (κ2) is 5.84. The first-order valence-corrected chi connectivity index (χ1v) is 7.06. The molecular weight excluding hydrogens is 284 g/mol. The average molecular weight is 300 g/mol. The molecule has 0 saturated heterocycles. The number of amides is 1. The highest BCUT2D eigenvalue weighted by Gasteiger charge is 2.16. The van der Waals surface area contributed by atoms with Crippen LogP contribution in [0.15, 0.2) is 24.4 Å². The molecule has 2 heterocycles. The zero-order valence-electron chi connectivity index (χ0n) is 12.1. The quantitative estimate of drug-likeness (QED) is 0.667. The van der Waals surface area contributed by atoms with E-state index >= 15 is 0 Å². The summed E-state index contributed by atoms with van der Waals surface area (Å²) in [7, 11) is 0. The van der Waals surface area contributed by atoms with Gasteiger partial charge in [-0.05, 0) is 24.6 Å². The second-order valence-corrected chi connectivity index (χ2v) is 4.98. The molecule has 2 aromatic heterocycles. The molecule has 0 aliphatic carbocycles. The normalized spacial score (nSPS) is 11.0. The molecule has 0 saturated carbocycles. The number of carbonyl (C=O) groups is 1. The number of nitrogens with zero attached hydrogens (tertiary/aromatic N) is 4. The summed E-state index contributed by atoms with van der Waals surface area (Å²) >= 11 is 0. The largest absolute Gasteiger partial charge is 0.508 e. The Balaban J connectivity index is 1.78. The fourth-order valence-corrected chi connectivity index (χ4v) is 2.14. The van der Waals surface area contributed by atoms with Crippen molar-refractivity contribution >= 4 is 22.6 Å². The van der Waals surface area contributed by atoms with Crippen LogP contribution in [0.3, 0.4) is 0 Å². The number of phenolic OH excluding ortho intramolecular Hbond substituents is 1. The Morgan fingerprint density at radius 2 is 2.32 bits per heavy atom. The van der Waals surface area contributed by atoms with E-state index in [0.29, 0.717) is 16.7 Å². The molecule has 0 spiro atoms. The maximum absolute atomic E-state index is 12.3. The summed E-state index contributed by atoms with van der Waals surface area (Å²) in [4.78, 5) is 12.3. The maximum Gasteiger partial charge on any atom is 0.278 e. The van der Waals surface area contributed by atoms with Gasteiger partial charge in [-0.15, -0.1) is 5.10 Å². The van der Waals surface area contributed by atoms with Gasteiger partial charge < -0.3 is 10.4 Å². The molecule has 0 aliphatic heterocycles. The van der Waals surface area contributed by atoms with Gasteiger partial charge in [-0.1, -0.05) is 18.6 Å². The topological polar surface area (TPSA) is 109 Å². The zero-order chi connectivity index (χ0) is 15.5. The number of aromatic amines is 1. The van der Waals surface area contributed by atoms with Crippen LogP contribution < -0.4 is 5.32 Å². The van der Waals surface area contributed by atoms with Crippen LogP contribution in [0.25, 0.3) is 10.9 Å². The summed E-state index contributed by atoms with van der Waals surface area (Å²) < 4.78 is 1.69. The molecule has 1 aromatic carbocycles. The fraction of sp³-hybridized carbons (Fsp3) is 0.286. The number of nitrogens with one attached hydrogen (secondary N) is 2. The van der Waals surface area contributed by atoms with E-state index in [-0.39, 0.29) is 11.4 Å². The predicted octanol–water partition coefficient (Wildman–Crippen LogP) is 1.91. The van der Waals surface area contributed by atoms with Gasteiger partial charge in [-0.25, -0.2) is 0 Å². The van der Waals surface area contributed by atoms with Crippen LogP contribution in [0.2, 0.25) is 0 Å². The number of aromatic hydroxyl groups is 1. The van der Waals surface area contributed by atoms with Gasteiger partial charge in [0.25, 0.3) is 5.91 Å². The lowest BCUT2D eigenvalue weighted by molar-refractivity contribution is 0.102. The van der Waals surface area contributed by atoms with Crippen LogP contribution in [0.5, 0.6) is 5.75 Å². The summed E-state index contributed by atoms with van der Waals surface area (Å²) in [5, 5.41) is 27.3. The summed E-state index contributed by atoms with van der Waals surface area (Å²) in [5.41, 5.74) is 0.878. The van der Waals surface area contributed by atoms with Crippen molar-refractivity contribution in [3.63, 3.8) is 0 Å². The molecule has 1 amide bonds. The molecule has 0 unspecified atom stereocenters. The minimum atomic E-state index is -0.403. The van der Waals surface area contributed by atoms with Crippen molar-refractivity contribution in [3.8, 4) is 5.75 Å². The van der Waals surface area contributed by atoms with E-state index < -0.39 is 5.91 Å². The Bertz CT molecular complexity index is 807. The van der Waals surface area contributed by atoms with E-state index in [1.165, 1.54) is 12.1 Å². The molecule has 3 aromatic rings. The van der Waals surface area contributed by atoms with Crippen molar-refractivity contribution in [1.82, 2.24) is 25.2 Å². The Morgan fingerprint density at radius 1 is 1.45 bits per heavy atom. The first-order chi connectivity index (χ1) is 10.7. The van der Waals surface area contributed by atoms with Gasteiger partial charge in [0, 0.05) is 11.9 Å². The summed E-state index contributed by atoms with van der Waals surface area (Å²) in [5.74, 6) is 0.0465. The van der Waals surface area contributed by atoms with E-state index in [4.69, 9.17) is 0 Å². The first-order valence-electron chi connectivity index (χ1n) is 7.06. The van der Waals surface area contributed by atoms with E-state index in [1.807, 2.05) is 0 Å². The number of benzene rings is 1. The van der Waals surface area contributed by atoms with E-state index in [1.54, 1.807) is 16.9 Å². The van der Waals surface area contributed by atoms with Gasteiger partial charge in [0.05, 0.1) is 11.7 Å². The number of H-pyrrole nitrogens is 1. The number of aryl methyl sites for hydroxylation is 1. The number of carbonyl (C=O) groups excluding carboxylic acids is 1. The number of anilines is 1. The maximum atomic E-state index is 12.3. The molecular formula is C14H16N6O2. The lowest BCUT2D eigenvalue weighted by Crippen LogP contribution is -2.13. The van der Waals surface area contributed by atoms with Crippen molar-refractivity contribution in [2.45, 2.75) is 26.3 Å². The summed E-state index contributed by atoms with van der Waals surface area (Å²) in [6.45, 7) is 2.86. The van der Waals surface area contributed by atoms with Gasteiger partial charge in [-0.2, -0.15) is 5.10 Å². The molecule has 0 fully saturated rings. The third-order valence-corrected chi connectivity index (χ3v) is 3.28. The van der Waals surface area contributed by atoms with E-state index in [0.717, 1.165) is 19.4 Å². The third kappa shape index (κ3) is 2.76. The lowest BCUT2D eigenvalue weighted by Gasteiger charge is -1.99. The predicted molar refractivity (Wildman–Crippen MR) is 80.6 cm³/mol. The first kappa shape index (κ1) is 14.1. The number of phenols is 1. The van der Waals surface area contributed by atoms with Gasteiger partial charge in [0.15, 0.2) is 11.5 Å². The van der Waals surface area contributed by atoms with E-state index in [9.17, 15) is 9.90 Å². The highest BCUT2D eigenvalue weighted by atomic mass is 16.3. The minimum absolute atomic E-state index is 0.0773. The number of hydrogen-bond acceptors (Lipinski definition) is 5. The van der Waals surface area contributed by atoms with Crippen molar-refractivity contribution in [1.29, 1.82) is 0 Å². The van der Waals surface area contributed by atoms with Crippen LogP contribution in [0.1, 0.15) is 30.3 Å². The molecule has 3 N–H and O–H groups in total. The number of aromatic nitrogens is 5. The SMILES string of the molecule is CCCCn1cc(NC(=O)c2n[nH]c3ccc(O)cc23)nn1. The van der Waals surface area contributed by atoms with Crippen LogP contribution in [-0.2, 0) is 6.54 Å². The molecule has 8 heteroatoms. The molecule has 0 bridgehead atoms. The highest BCUT2D eigenvalue weighted by molar-refractivity contribution is 6.10. The molecule has 0 atom stereocenters. The average Bonchev–Trinajstić information content (AvgIpc) is 3.11. The smallest absolute Gasteiger partial charge is 0.278 e. The molecule has 0 radical (unpaired) electrons. The van der Waals surface area contributed by atoms with Crippen LogP contribution >= 0.6 is 0 Å². The Labute approximate surface area is 126 Å². The molecule has 8 nitrogen and oxygen atoms in total. The third-order valence-electron chi connectivity index (χ3n) is 3.28. The Kier molecular flexibility index (Phi) is 3.73. The van der Waals surface area contributed by atoms with Crippen molar-refractivity contribution in [2.75, 3.05) is 5.32 Å². The van der Waals surface area contributed by atoms with Crippen molar-refractivity contribution in [2.24, 2.45) is 0 Å². The highest BCUT2D eigenvalue weighted by Crippen LogP contribution is 2.21. The number of rotatable bonds is 5. The van der Waals surface area contributed by atoms with E-state index in [2.05, 4.69) is 32.7 Å². The Morgan fingerprint density at radius 3 is 3.14 bits per heavy atom. The van der Waals surface area contributed by atoms with Crippen LogP contribution in [-0.4, -0.2) is 36.2 Å². The zero-order valence-corrected chi connectivity index (χ0v) is 12.1. The molecule has 3 rings (SSSR count). The molecule has 114 valence electrons. The summed E-state index contributed by atoms with van der Waals surface area (Å²) in [6.07, 6.45) is 3.74. The molecule has 0 aliphatic rings. The second-order valence-electron chi connectivity index (χ2n) is 4.98. The van der Waals surface area contributed by atoms with Gasteiger partial charge in [-0.3, -0.25) is 14.6 Å². The molecule has 22 heavy (non-hydrogen) atoms. The van der Waals surface area contributed by atoms with Gasteiger partial charge in [0.2, 0.25) is 0 Å². The van der Waals surface area contributed by atoms with Gasteiger partial charge in [0.1, 0.15) is 5.75 Å². The number of fused-ring (bicyclic) bond motifs is 1. The number of hydrogen-bond donors (Lipinski definition) is 3. The van der Waals surface area contributed by atoms with Gasteiger partial charge >= 0.3 is 0 Å². The standard InChI is InChI=1S/C14H16N6O2/c1-2-3-6-20-8-12(17-19-20)15-14(22)13-10-7-9(21)4-5-11(10)16-18-13/h4-5,7-8,21H,2-3,6H2,1H3,(H,15,22)(H,16,18). The van der Waals surface area contributed by atoms with Crippen LogP contribution in [0.4, 0.5) is 5.82 Å². The van der Waals surface area contributed by atoms with Crippen molar-refractivity contribution < 1.29 is 9.90 Å². The Hall–Kier alpha value is -2.90. The fourth-order valence-electron chi connectivity index (χ4n) is 2.14. The van der Waals surface area contributed by atoms with Crippen molar-refractivity contribution in [3.05, 3.63) is 30.1 Å².